The molecule has 2 rings (SSSR count). The van der Waals surface area contributed by atoms with Crippen LogP contribution >= 0.6 is 0 Å². The van der Waals surface area contributed by atoms with E-state index in [-0.39, 0.29) is 12.4 Å². The third-order valence-corrected chi connectivity index (χ3v) is 4.89. The molecule has 0 spiro atoms. The van der Waals surface area contributed by atoms with Gasteiger partial charge in [-0.1, -0.05) is 39.0 Å². The zero-order valence-electron chi connectivity index (χ0n) is 17.9. The Labute approximate surface area is 177 Å². The van der Waals surface area contributed by atoms with Crippen molar-refractivity contribution < 1.29 is 23.9 Å². The van der Waals surface area contributed by atoms with Crippen LogP contribution in [-0.4, -0.2) is 30.4 Å². The molecule has 0 aliphatic rings. The molecule has 0 unspecified atom stereocenters. The lowest BCUT2D eigenvalue weighted by atomic mass is 9.97. The summed E-state index contributed by atoms with van der Waals surface area (Å²) in [7, 11) is 0. The van der Waals surface area contributed by atoms with Crippen LogP contribution in [0.5, 0.6) is 5.75 Å². The van der Waals surface area contributed by atoms with Crippen molar-refractivity contribution in [3.05, 3.63) is 59.7 Å². The quantitative estimate of drug-likeness (QED) is 0.451. The molecule has 2 atom stereocenters. The van der Waals surface area contributed by atoms with Gasteiger partial charge in [0.05, 0.1) is 0 Å². The van der Waals surface area contributed by atoms with E-state index in [9.17, 15) is 14.4 Å². The van der Waals surface area contributed by atoms with Crippen LogP contribution in [0.15, 0.2) is 48.5 Å². The molecule has 6 heteroatoms. The molecule has 0 aromatic heterocycles. The molecule has 2 aromatic carbocycles. The molecule has 30 heavy (non-hydrogen) atoms. The van der Waals surface area contributed by atoms with Gasteiger partial charge in [-0.2, -0.15) is 0 Å². The van der Waals surface area contributed by atoms with Crippen molar-refractivity contribution in [3.8, 4) is 5.75 Å². The fourth-order valence-electron chi connectivity index (χ4n) is 2.86. The van der Waals surface area contributed by atoms with Gasteiger partial charge in [0.15, 0.2) is 18.5 Å². The number of Topliss-reactive ketones (excluding diaryl/α,β-unsaturated/α-hetero) is 1. The maximum Gasteiger partial charge on any atom is 0.344 e. The Morgan fingerprint density at radius 3 is 2.27 bits per heavy atom. The van der Waals surface area contributed by atoms with Crippen molar-refractivity contribution in [3.63, 3.8) is 0 Å². The number of carbonyl (C=O) groups excluding carboxylic acids is 3. The number of amides is 1. The lowest BCUT2D eigenvalue weighted by Gasteiger charge is -2.18. The van der Waals surface area contributed by atoms with E-state index in [2.05, 4.69) is 19.2 Å². The average molecular weight is 411 g/mol. The number of hydrogen-bond donors (Lipinski definition) is 1. The lowest BCUT2D eigenvalue weighted by Crippen LogP contribution is -2.32. The van der Waals surface area contributed by atoms with Crippen LogP contribution in [0.2, 0.25) is 0 Å². The molecule has 0 aliphatic heterocycles. The Bertz CT molecular complexity index is 875. The Hall–Kier alpha value is -3.15. The third kappa shape index (κ3) is 6.44. The van der Waals surface area contributed by atoms with Crippen LogP contribution in [0.1, 0.15) is 62.4 Å². The van der Waals surface area contributed by atoms with E-state index < -0.39 is 18.0 Å². The van der Waals surface area contributed by atoms with Crippen LogP contribution < -0.4 is 10.1 Å². The molecule has 160 valence electrons. The van der Waals surface area contributed by atoms with Gasteiger partial charge in [0.2, 0.25) is 0 Å². The molecule has 0 saturated carbocycles. The first kappa shape index (κ1) is 23.1. The highest BCUT2D eigenvalue weighted by atomic mass is 16.6. The summed E-state index contributed by atoms with van der Waals surface area (Å²) in [6, 6.07) is 14.1. The van der Waals surface area contributed by atoms with E-state index in [1.165, 1.54) is 6.92 Å². The highest BCUT2D eigenvalue weighted by Crippen LogP contribution is 2.26. The first-order valence-corrected chi connectivity index (χ1v) is 10.2. The van der Waals surface area contributed by atoms with E-state index in [0.717, 1.165) is 17.7 Å². The molecule has 0 fully saturated rings. The molecular weight excluding hydrogens is 382 g/mol. The van der Waals surface area contributed by atoms with Gasteiger partial charge in [-0.25, -0.2) is 4.79 Å². The zero-order valence-corrected chi connectivity index (χ0v) is 17.9. The zero-order chi connectivity index (χ0) is 22.1. The van der Waals surface area contributed by atoms with Gasteiger partial charge in [0.1, 0.15) is 5.75 Å². The molecule has 0 saturated heterocycles. The van der Waals surface area contributed by atoms with Crippen molar-refractivity contribution in [1.82, 2.24) is 0 Å². The Morgan fingerprint density at radius 1 is 0.967 bits per heavy atom. The van der Waals surface area contributed by atoms with Crippen molar-refractivity contribution in [2.24, 2.45) is 0 Å². The van der Waals surface area contributed by atoms with Gasteiger partial charge in [0, 0.05) is 17.7 Å². The summed E-state index contributed by atoms with van der Waals surface area (Å²) in [5.41, 5.74) is 2.35. The normalized spacial score (nSPS) is 12.5. The molecule has 6 nitrogen and oxygen atoms in total. The van der Waals surface area contributed by atoms with Crippen LogP contribution in [0.3, 0.4) is 0 Å². The number of hydrogen-bond acceptors (Lipinski definition) is 5. The highest BCUT2D eigenvalue weighted by molar-refractivity contribution is 5.96. The smallest absolute Gasteiger partial charge is 0.344 e. The number of rotatable bonds is 10. The minimum absolute atomic E-state index is 0.0377. The number of anilines is 1. The molecule has 0 aliphatic carbocycles. The van der Waals surface area contributed by atoms with Gasteiger partial charge >= 0.3 is 5.97 Å². The van der Waals surface area contributed by atoms with Gasteiger partial charge in [-0.15, -0.1) is 0 Å². The molecule has 1 amide bonds. The van der Waals surface area contributed by atoms with Crippen molar-refractivity contribution in [2.45, 2.75) is 52.6 Å². The Kier molecular flexibility index (Phi) is 8.59. The number of benzene rings is 2. The second kappa shape index (κ2) is 11.1. The maximum absolute atomic E-state index is 12.5. The molecule has 2 aromatic rings. The SMILES string of the molecule is CCC(=O)c1ccc(OCC(=O)O[C@H](C)C(=O)Nc2ccccc2[C@@H](C)CC)cc1. The van der Waals surface area contributed by atoms with E-state index in [0.29, 0.717) is 23.7 Å². The minimum Gasteiger partial charge on any atom is -0.482 e. The monoisotopic (exact) mass is 411 g/mol. The number of esters is 1. The second-order valence-corrected chi connectivity index (χ2v) is 7.11. The summed E-state index contributed by atoms with van der Waals surface area (Å²) in [6.07, 6.45) is 0.409. The summed E-state index contributed by atoms with van der Waals surface area (Å²) in [6.45, 7) is 7.16. The number of ketones is 1. The van der Waals surface area contributed by atoms with Crippen molar-refractivity contribution in [2.75, 3.05) is 11.9 Å². The second-order valence-electron chi connectivity index (χ2n) is 7.11. The van der Waals surface area contributed by atoms with Gasteiger partial charge < -0.3 is 14.8 Å². The van der Waals surface area contributed by atoms with Crippen LogP contribution in [0.25, 0.3) is 0 Å². The maximum atomic E-state index is 12.5. The van der Waals surface area contributed by atoms with Crippen LogP contribution in [0.4, 0.5) is 5.69 Å². The summed E-state index contributed by atoms with van der Waals surface area (Å²) in [5, 5.41) is 2.84. The van der Waals surface area contributed by atoms with Gasteiger partial charge in [-0.05, 0) is 55.2 Å². The van der Waals surface area contributed by atoms with Crippen LogP contribution in [0, 0.1) is 0 Å². The predicted molar refractivity (Wildman–Crippen MR) is 116 cm³/mol. The van der Waals surface area contributed by atoms with Crippen molar-refractivity contribution >= 4 is 23.3 Å². The first-order valence-electron chi connectivity index (χ1n) is 10.2. The highest BCUT2D eigenvalue weighted by Gasteiger charge is 2.20. The lowest BCUT2D eigenvalue weighted by molar-refractivity contribution is -0.155. The Morgan fingerprint density at radius 2 is 1.63 bits per heavy atom. The average Bonchev–Trinajstić information content (AvgIpc) is 2.77. The van der Waals surface area contributed by atoms with Crippen molar-refractivity contribution in [1.29, 1.82) is 0 Å². The third-order valence-electron chi connectivity index (χ3n) is 4.89. The first-order chi connectivity index (χ1) is 14.3. The van der Waals surface area contributed by atoms with E-state index in [4.69, 9.17) is 9.47 Å². The van der Waals surface area contributed by atoms with E-state index in [1.807, 2.05) is 24.3 Å². The predicted octanol–water partition coefficient (Wildman–Crippen LogP) is 4.74. The number of para-hydroxylation sites is 1. The van der Waals surface area contributed by atoms with Crippen LogP contribution in [-0.2, 0) is 14.3 Å². The largest absolute Gasteiger partial charge is 0.482 e. The van der Waals surface area contributed by atoms with E-state index in [1.54, 1.807) is 31.2 Å². The Balaban J connectivity index is 1.87. The molecular formula is C24H29NO5. The van der Waals surface area contributed by atoms with E-state index >= 15 is 0 Å². The minimum atomic E-state index is -0.962. The summed E-state index contributed by atoms with van der Waals surface area (Å²) >= 11 is 0. The molecule has 0 bridgehead atoms. The number of ether oxygens (including phenoxy) is 2. The van der Waals surface area contributed by atoms with Gasteiger partial charge in [0.25, 0.3) is 5.91 Å². The topological polar surface area (TPSA) is 81.7 Å². The summed E-state index contributed by atoms with van der Waals surface area (Å²) in [5.74, 6) is -0.273. The number of nitrogens with one attached hydrogen (secondary N) is 1. The standard InChI is InChI=1S/C24H29NO5/c1-5-16(3)20-9-7-8-10-21(20)25-24(28)17(4)30-23(27)15-29-19-13-11-18(12-14-19)22(26)6-2/h7-14,16-17H,5-6,15H2,1-4H3,(H,25,28)/t16-,17+/m0/s1. The molecule has 1 N–H and O–H groups in total. The fourth-order valence-corrected chi connectivity index (χ4v) is 2.86. The molecule has 0 radical (unpaired) electrons. The fraction of sp³-hybridized carbons (Fsp3) is 0.375. The summed E-state index contributed by atoms with van der Waals surface area (Å²) in [4.78, 5) is 36.1. The molecule has 0 heterocycles. The summed E-state index contributed by atoms with van der Waals surface area (Å²) < 4.78 is 10.6. The van der Waals surface area contributed by atoms with Gasteiger partial charge in [-0.3, -0.25) is 9.59 Å². The number of carbonyl (C=O) groups is 3.